The number of carbonyl (C=O) groups is 1. The van der Waals surface area contributed by atoms with Gasteiger partial charge in [0.2, 0.25) is 0 Å². The van der Waals surface area contributed by atoms with E-state index in [2.05, 4.69) is 4.98 Å². The van der Waals surface area contributed by atoms with Crippen molar-refractivity contribution in [3.63, 3.8) is 0 Å². The molecule has 84 valence electrons. The van der Waals surface area contributed by atoms with Crippen molar-refractivity contribution in [3.8, 4) is 0 Å². The molecule has 1 heterocycles. The zero-order chi connectivity index (χ0) is 12.1. The van der Waals surface area contributed by atoms with Gasteiger partial charge >= 0.3 is 0 Å². The van der Waals surface area contributed by atoms with Crippen molar-refractivity contribution >= 4 is 6.29 Å². The smallest absolute Gasteiger partial charge is 0.182 e. The first-order chi connectivity index (χ1) is 8.29. The largest absolute Gasteiger partial charge is 0.298 e. The zero-order valence-electron chi connectivity index (χ0n) is 9.17. The maximum absolute atomic E-state index is 11.7. The van der Waals surface area contributed by atoms with E-state index in [-0.39, 0.29) is 5.43 Å². The molecule has 0 spiro atoms. The Morgan fingerprint density at radius 2 is 1.88 bits per heavy atom. The predicted octanol–water partition coefficient (Wildman–Crippen LogP) is 1.85. The highest BCUT2D eigenvalue weighted by Gasteiger charge is 2.00. The van der Waals surface area contributed by atoms with Crippen LogP contribution in [0.15, 0.2) is 53.5 Å². The van der Waals surface area contributed by atoms with Crippen LogP contribution in [0.25, 0.3) is 0 Å². The van der Waals surface area contributed by atoms with E-state index in [4.69, 9.17) is 0 Å². The van der Waals surface area contributed by atoms with E-state index in [1.165, 1.54) is 12.1 Å². The van der Waals surface area contributed by atoms with Crippen LogP contribution in [0.2, 0.25) is 0 Å². The van der Waals surface area contributed by atoms with E-state index >= 15 is 0 Å². The van der Waals surface area contributed by atoms with Gasteiger partial charge in [-0.25, -0.2) is 0 Å². The lowest BCUT2D eigenvalue weighted by molar-refractivity contribution is 0.112. The van der Waals surface area contributed by atoms with Gasteiger partial charge in [0.25, 0.3) is 0 Å². The Bertz CT molecular complexity index is 579. The second-order valence-electron chi connectivity index (χ2n) is 3.67. The van der Waals surface area contributed by atoms with E-state index < -0.39 is 0 Å². The van der Waals surface area contributed by atoms with Crippen molar-refractivity contribution in [2.75, 3.05) is 0 Å². The highest BCUT2D eigenvalue weighted by Crippen LogP contribution is 2.02. The molecule has 17 heavy (non-hydrogen) atoms. The summed E-state index contributed by atoms with van der Waals surface area (Å²) < 4.78 is 0. The molecule has 2 rings (SSSR count). The first-order valence-corrected chi connectivity index (χ1v) is 5.28. The van der Waals surface area contributed by atoms with Gasteiger partial charge in [0.15, 0.2) is 5.43 Å². The molecule has 0 unspecified atom stereocenters. The number of hydrogen-bond acceptors (Lipinski definition) is 3. The molecule has 0 saturated carbocycles. The molecule has 0 fully saturated rings. The number of aromatic nitrogens is 1. The van der Waals surface area contributed by atoms with Crippen LogP contribution in [-0.4, -0.2) is 11.3 Å². The van der Waals surface area contributed by atoms with Crippen molar-refractivity contribution in [2.45, 2.75) is 6.42 Å². The van der Waals surface area contributed by atoms with Gasteiger partial charge in [-0.3, -0.25) is 14.6 Å². The van der Waals surface area contributed by atoms with Gasteiger partial charge in [-0.05, 0) is 24.3 Å². The Labute approximate surface area is 98.8 Å². The second kappa shape index (κ2) is 5.16. The monoisotopic (exact) mass is 225 g/mol. The first kappa shape index (κ1) is 11.2. The summed E-state index contributed by atoms with van der Waals surface area (Å²) in [7, 11) is 0. The summed E-state index contributed by atoms with van der Waals surface area (Å²) in [6.45, 7) is 0. The zero-order valence-corrected chi connectivity index (χ0v) is 9.17. The molecule has 0 aliphatic rings. The van der Waals surface area contributed by atoms with Crippen LogP contribution in [0, 0.1) is 0 Å². The molecule has 0 aliphatic heterocycles. The Morgan fingerprint density at radius 3 is 2.59 bits per heavy atom. The third kappa shape index (κ3) is 2.84. The number of pyridine rings is 1. The summed E-state index contributed by atoms with van der Waals surface area (Å²) >= 11 is 0. The van der Waals surface area contributed by atoms with E-state index in [9.17, 15) is 9.59 Å². The van der Waals surface area contributed by atoms with Gasteiger partial charge in [-0.1, -0.05) is 18.2 Å². The molecule has 2 aromatic rings. The lowest BCUT2D eigenvalue weighted by atomic mass is 10.1. The summed E-state index contributed by atoms with van der Waals surface area (Å²) in [4.78, 5) is 26.5. The van der Waals surface area contributed by atoms with Gasteiger partial charge in [0, 0.05) is 29.4 Å². The number of rotatable bonds is 3. The van der Waals surface area contributed by atoms with Crippen LogP contribution in [0.4, 0.5) is 0 Å². The van der Waals surface area contributed by atoms with Gasteiger partial charge in [-0.2, -0.15) is 0 Å². The van der Waals surface area contributed by atoms with Gasteiger partial charge in [0.1, 0.15) is 6.29 Å². The second-order valence-corrected chi connectivity index (χ2v) is 3.67. The Morgan fingerprint density at radius 1 is 1.06 bits per heavy atom. The Hall–Kier alpha value is -2.29. The molecule has 1 aromatic carbocycles. The van der Waals surface area contributed by atoms with Crippen molar-refractivity contribution in [1.29, 1.82) is 0 Å². The third-order valence-corrected chi connectivity index (χ3v) is 2.45. The fraction of sp³-hybridized carbons (Fsp3) is 0.0714. The predicted molar refractivity (Wildman–Crippen MR) is 65.1 cm³/mol. The van der Waals surface area contributed by atoms with Crippen molar-refractivity contribution in [3.05, 3.63) is 75.7 Å². The number of nitrogens with zero attached hydrogens (tertiary/aromatic N) is 1. The van der Waals surface area contributed by atoms with Gasteiger partial charge < -0.3 is 0 Å². The van der Waals surface area contributed by atoms with Crippen LogP contribution in [0.5, 0.6) is 0 Å². The molecule has 1 aromatic heterocycles. The number of hydrogen-bond donors (Lipinski definition) is 0. The summed E-state index contributed by atoms with van der Waals surface area (Å²) in [6, 6.07) is 11.9. The molecular formula is C14H11NO2. The standard InChI is InChI=1S/C14H11NO2/c16-10-11-4-6-12(14(17)7-5-11)9-13-3-1-2-8-15-13/h1-8,10H,9H2. The molecule has 0 bridgehead atoms. The van der Waals surface area contributed by atoms with E-state index in [1.807, 2.05) is 18.2 Å². The average Bonchev–Trinajstić information content (AvgIpc) is 2.54. The molecule has 0 aliphatic carbocycles. The van der Waals surface area contributed by atoms with Crippen molar-refractivity contribution < 1.29 is 4.79 Å². The van der Waals surface area contributed by atoms with E-state index in [0.717, 1.165) is 12.0 Å². The average molecular weight is 225 g/mol. The maximum Gasteiger partial charge on any atom is 0.182 e. The van der Waals surface area contributed by atoms with E-state index in [1.54, 1.807) is 18.3 Å². The van der Waals surface area contributed by atoms with Crippen LogP contribution >= 0.6 is 0 Å². The lowest BCUT2D eigenvalue weighted by Crippen LogP contribution is -2.05. The van der Waals surface area contributed by atoms with Crippen molar-refractivity contribution in [1.82, 2.24) is 4.98 Å². The molecule has 0 atom stereocenters. The number of carbonyl (C=O) groups excluding carboxylic acids is 1. The third-order valence-electron chi connectivity index (χ3n) is 2.45. The first-order valence-electron chi connectivity index (χ1n) is 5.28. The van der Waals surface area contributed by atoms with Crippen LogP contribution in [-0.2, 0) is 6.42 Å². The minimum absolute atomic E-state index is 0.0799. The Kier molecular flexibility index (Phi) is 3.40. The van der Waals surface area contributed by atoms with Crippen LogP contribution in [0.1, 0.15) is 21.6 Å². The van der Waals surface area contributed by atoms with Crippen LogP contribution in [0.3, 0.4) is 0 Å². The molecule has 0 amide bonds. The normalized spacial score (nSPS) is 9.88. The number of aldehydes is 1. The lowest BCUT2D eigenvalue weighted by Gasteiger charge is -1.96. The van der Waals surface area contributed by atoms with E-state index in [0.29, 0.717) is 17.5 Å². The minimum Gasteiger partial charge on any atom is -0.298 e. The Balaban J connectivity index is 2.37. The molecule has 0 saturated heterocycles. The summed E-state index contributed by atoms with van der Waals surface area (Å²) in [5.41, 5.74) is 1.89. The summed E-state index contributed by atoms with van der Waals surface area (Å²) in [5, 5.41) is 0. The highest BCUT2D eigenvalue weighted by molar-refractivity contribution is 5.74. The molecule has 0 N–H and O–H groups in total. The maximum atomic E-state index is 11.7. The fourth-order valence-corrected chi connectivity index (χ4v) is 1.54. The topological polar surface area (TPSA) is 47.0 Å². The SMILES string of the molecule is O=Cc1ccc(Cc2ccccn2)c(=O)cc1. The van der Waals surface area contributed by atoms with Gasteiger partial charge in [-0.15, -0.1) is 0 Å². The molecular weight excluding hydrogens is 214 g/mol. The summed E-state index contributed by atoms with van der Waals surface area (Å²) in [6.07, 6.45) is 2.90. The molecule has 3 heteroatoms. The minimum atomic E-state index is -0.0799. The van der Waals surface area contributed by atoms with Crippen molar-refractivity contribution in [2.24, 2.45) is 0 Å². The van der Waals surface area contributed by atoms with Gasteiger partial charge in [0.05, 0.1) is 0 Å². The quantitative estimate of drug-likeness (QED) is 0.749. The summed E-state index contributed by atoms with van der Waals surface area (Å²) in [5.74, 6) is 0. The van der Waals surface area contributed by atoms with Crippen LogP contribution < -0.4 is 5.43 Å². The fourth-order valence-electron chi connectivity index (χ4n) is 1.54. The molecule has 3 nitrogen and oxygen atoms in total. The highest BCUT2D eigenvalue weighted by atomic mass is 16.1. The molecule has 0 radical (unpaired) electrons.